The smallest absolute Gasteiger partial charge is 0.155 e. The van der Waals surface area contributed by atoms with Crippen molar-refractivity contribution in [3.8, 4) is 28.3 Å². The Hall–Kier alpha value is -3.97. The van der Waals surface area contributed by atoms with Crippen molar-refractivity contribution < 1.29 is 9.13 Å². The van der Waals surface area contributed by atoms with Gasteiger partial charge in [-0.15, -0.1) is 0 Å². The fourth-order valence-electron chi connectivity index (χ4n) is 4.54. The number of ether oxygens (including phenoxy) is 1. The Morgan fingerprint density at radius 1 is 1.03 bits per heavy atom. The second kappa shape index (κ2) is 7.86. The molecule has 1 aliphatic rings. The largest absolute Gasteiger partial charge is 0.497 e. The van der Waals surface area contributed by atoms with Gasteiger partial charge in [0.2, 0.25) is 0 Å². The summed E-state index contributed by atoms with van der Waals surface area (Å²) < 4.78 is 19.4. The van der Waals surface area contributed by atoms with Gasteiger partial charge in [-0.05, 0) is 65.6 Å². The summed E-state index contributed by atoms with van der Waals surface area (Å²) in [5.74, 6) is 0.156. The number of rotatable bonds is 4. The SMILES string of the molecule is COc1cc(F)cc(-c2cccc3[nH]c(-c4n[nH]c5ncc(C6=CCNCC6)cc45)cc23)c1. The average Bonchev–Trinajstić information content (AvgIpc) is 3.47. The van der Waals surface area contributed by atoms with Crippen LogP contribution in [0.1, 0.15) is 12.0 Å². The molecule has 0 saturated carbocycles. The van der Waals surface area contributed by atoms with Crippen LogP contribution in [0.2, 0.25) is 0 Å². The fourth-order valence-corrected chi connectivity index (χ4v) is 4.54. The lowest BCUT2D eigenvalue weighted by Gasteiger charge is -2.13. The van der Waals surface area contributed by atoms with Gasteiger partial charge in [0, 0.05) is 35.1 Å². The summed E-state index contributed by atoms with van der Waals surface area (Å²) in [4.78, 5) is 8.08. The maximum atomic E-state index is 14.2. The van der Waals surface area contributed by atoms with Gasteiger partial charge < -0.3 is 15.0 Å². The van der Waals surface area contributed by atoms with Gasteiger partial charge in [-0.25, -0.2) is 9.37 Å². The van der Waals surface area contributed by atoms with Gasteiger partial charge in [-0.3, -0.25) is 5.10 Å². The maximum Gasteiger partial charge on any atom is 0.155 e. The number of nitrogens with zero attached hydrogens (tertiary/aromatic N) is 2. The molecule has 6 nitrogen and oxygen atoms in total. The molecular weight excluding hydrogens is 417 g/mol. The van der Waals surface area contributed by atoms with Crippen LogP contribution in [0, 0.1) is 5.82 Å². The van der Waals surface area contributed by atoms with E-state index in [2.05, 4.69) is 43.7 Å². The van der Waals surface area contributed by atoms with Gasteiger partial charge in [-0.2, -0.15) is 5.10 Å². The monoisotopic (exact) mass is 439 g/mol. The van der Waals surface area contributed by atoms with Crippen LogP contribution in [0.5, 0.6) is 5.75 Å². The molecule has 0 spiro atoms. The lowest BCUT2D eigenvalue weighted by atomic mass is 10.00. The minimum absolute atomic E-state index is 0.332. The Kier molecular flexibility index (Phi) is 4.69. The van der Waals surface area contributed by atoms with E-state index in [1.165, 1.54) is 17.7 Å². The van der Waals surface area contributed by atoms with E-state index < -0.39 is 0 Å². The van der Waals surface area contributed by atoms with E-state index in [1.54, 1.807) is 7.11 Å². The first-order chi connectivity index (χ1) is 16.2. The van der Waals surface area contributed by atoms with Crippen LogP contribution in [0.25, 0.3) is 50.0 Å². The van der Waals surface area contributed by atoms with Crippen LogP contribution >= 0.6 is 0 Å². The van der Waals surface area contributed by atoms with Crippen LogP contribution in [-0.2, 0) is 0 Å². The van der Waals surface area contributed by atoms with Gasteiger partial charge in [0.05, 0.1) is 12.8 Å². The number of aromatic amines is 2. The minimum atomic E-state index is -0.332. The van der Waals surface area contributed by atoms with Crippen LogP contribution < -0.4 is 10.1 Å². The lowest BCUT2D eigenvalue weighted by Crippen LogP contribution is -2.20. The highest BCUT2D eigenvalue weighted by molar-refractivity contribution is 6.01. The molecule has 3 aromatic heterocycles. The number of halogens is 1. The van der Waals surface area contributed by atoms with E-state index in [0.717, 1.165) is 69.5 Å². The third kappa shape index (κ3) is 3.47. The third-order valence-electron chi connectivity index (χ3n) is 6.19. The highest BCUT2D eigenvalue weighted by Gasteiger charge is 2.16. The van der Waals surface area contributed by atoms with E-state index in [9.17, 15) is 4.39 Å². The molecule has 0 fully saturated rings. The van der Waals surface area contributed by atoms with E-state index in [4.69, 9.17) is 4.74 Å². The number of hydrogen-bond donors (Lipinski definition) is 3. The number of H-pyrrole nitrogens is 2. The zero-order valence-electron chi connectivity index (χ0n) is 18.1. The molecule has 33 heavy (non-hydrogen) atoms. The summed E-state index contributed by atoms with van der Waals surface area (Å²) in [5, 5.41) is 12.9. The molecule has 4 heterocycles. The molecule has 2 aromatic carbocycles. The number of methoxy groups -OCH3 is 1. The van der Waals surface area contributed by atoms with Crippen molar-refractivity contribution in [2.75, 3.05) is 20.2 Å². The quantitative estimate of drug-likeness (QED) is 0.355. The highest BCUT2D eigenvalue weighted by atomic mass is 19.1. The molecule has 0 unspecified atom stereocenters. The van der Waals surface area contributed by atoms with E-state index in [-0.39, 0.29) is 5.82 Å². The van der Waals surface area contributed by atoms with Crippen molar-refractivity contribution in [2.45, 2.75) is 6.42 Å². The number of pyridine rings is 1. The third-order valence-corrected chi connectivity index (χ3v) is 6.19. The summed E-state index contributed by atoms with van der Waals surface area (Å²) in [6.45, 7) is 1.85. The summed E-state index contributed by atoms with van der Waals surface area (Å²) in [7, 11) is 1.54. The normalized spacial score (nSPS) is 14.1. The van der Waals surface area contributed by atoms with Crippen LogP contribution in [-0.4, -0.2) is 40.4 Å². The molecule has 0 aliphatic carbocycles. The molecule has 0 amide bonds. The second-order valence-electron chi connectivity index (χ2n) is 8.21. The highest BCUT2D eigenvalue weighted by Crippen LogP contribution is 2.36. The Balaban J connectivity index is 1.48. The molecular formula is C26H22FN5O. The molecule has 5 aromatic rings. The van der Waals surface area contributed by atoms with Crippen molar-refractivity contribution in [1.82, 2.24) is 25.5 Å². The van der Waals surface area contributed by atoms with Crippen molar-refractivity contribution in [3.63, 3.8) is 0 Å². The van der Waals surface area contributed by atoms with Gasteiger partial charge in [0.1, 0.15) is 17.3 Å². The fraction of sp³-hybridized carbons (Fsp3) is 0.154. The Morgan fingerprint density at radius 3 is 2.82 bits per heavy atom. The number of aromatic nitrogens is 4. The average molecular weight is 439 g/mol. The predicted octanol–water partition coefficient (Wildman–Crippen LogP) is 5.30. The maximum absolute atomic E-state index is 14.2. The topological polar surface area (TPSA) is 78.6 Å². The van der Waals surface area contributed by atoms with Gasteiger partial charge in [0.25, 0.3) is 0 Å². The molecule has 3 N–H and O–H groups in total. The summed E-state index contributed by atoms with van der Waals surface area (Å²) in [6, 6.07) is 14.9. The Bertz CT molecular complexity index is 1530. The molecule has 6 rings (SSSR count). The molecule has 0 radical (unpaired) electrons. The number of benzene rings is 2. The first-order valence-electron chi connectivity index (χ1n) is 10.9. The molecule has 0 bridgehead atoms. The molecule has 164 valence electrons. The molecule has 0 atom stereocenters. The summed E-state index contributed by atoms with van der Waals surface area (Å²) in [6.07, 6.45) is 5.10. The lowest BCUT2D eigenvalue weighted by molar-refractivity contribution is 0.411. The number of nitrogens with one attached hydrogen (secondary N) is 3. The first-order valence-corrected chi connectivity index (χ1v) is 10.9. The zero-order chi connectivity index (χ0) is 22.4. The molecule has 0 saturated heterocycles. The van der Waals surface area contributed by atoms with E-state index in [1.807, 2.05) is 30.5 Å². The van der Waals surface area contributed by atoms with E-state index >= 15 is 0 Å². The Morgan fingerprint density at radius 2 is 1.97 bits per heavy atom. The summed E-state index contributed by atoms with van der Waals surface area (Å²) >= 11 is 0. The standard InChI is InChI=1S/C26H22FN5O/c1-33-19-10-16(9-18(27)12-19)20-3-2-4-23-21(20)13-24(30-23)25-22-11-17(14-29-26(22)32-31-25)15-5-7-28-8-6-15/h2-5,9-14,28,30H,6-8H2,1H3,(H,29,31,32). The zero-order valence-corrected chi connectivity index (χ0v) is 18.1. The van der Waals surface area contributed by atoms with Crippen LogP contribution in [0.4, 0.5) is 4.39 Å². The van der Waals surface area contributed by atoms with Crippen molar-refractivity contribution in [2.24, 2.45) is 0 Å². The first kappa shape index (κ1) is 19.7. The van der Waals surface area contributed by atoms with Crippen LogP contribution in [0.15, 0.2) is 60.8 Å². The summed E-state index contributed by atoms with van der Waals surface area (Å²) in [5.41, 5.74) is 7.50. The van der Waals surface area contributed by atoms with Gasteiger partial charge in [0.15, 0.2) is 5.65 Å². The number of fused-ring (bicyclic) bond motifs is 2. The minimum Gasteiger partial charge on any atom is -0.497 e. The Labute approximate surface area is 189 Å². The van der Waals surface area contributed by atoms with E-state index in [0.29, 0.717) is 5.75 Å². The second-order valence-corrected chi connectivity index (χ2v) is 8.21. The molecule has 1 aliphatic heterocycles. The van der Waals surface area contributed by atoms with Gasteiger partial charge in [-0.1, -0.05) is 18.2 Å². The van der Waals surface area contributed by atoms with Crippen molar-refractivity contribution >= 4 is 27.5 Å². The van der Waals surface area contributed by atoms with Crippen LogP contribution in [0.3, 0.4) is 0 Å². The van der Waals surface area contributed by atoms with Crippen molar-refractivity contribution in [3.05, 3.63) is 72.2 Å². The van der Waals surface area contributed by atoms with Gasteiger partial charge >= 0.3 is 0 Å². The number of hydrogen-bond acceptors (Lipinski definition) is 4. The van der Waals surface area contributed by atoms with Crippen molar-refractivity contribution in [1.29, 1.82) is 0 Å². The predicted molar refractivity (Wildman–Crippen MR) is 129 cm³/mol. The molecule has 7 heteroatoms.